The van der Waals surface area contributed by atoms with E-state index in [-0.39, 0.29) is 23.0 Å². The van der Waals surface area contributed by atoms with Crippen molar-refractivity contribution in [1.82, 2.24) is 13.8 Å². The number of benzene rings is 1. The first kappa shape index (κ1) is 23.6. The third-order valence-electron chi connectivity index (χ3n) is 6.23. The van der Waals surface area contributed by atoms with Gasteiger partial charge in [0.2, 0.25) is 15.9 Å². The molecule has 2 aromatic rings. The first-order chi connectivity index (χ1) is 15.7. The summed E-state index contributed by atoms with van der Waals surface area (Å²) in [7, 11) is -1.12. The van der Waals surface area contributed by atoms with Crippen molar-refractivity contribution in [3.05, 3.63) is 47.2 Å². The van der Waals surface area contributed by atoms with Crippen LogP contribution in [0.5, 0.6) is 0 Å². The molecule has 0 radical (unpaired) electrons. The van der Waals surface area contributed by atoms with Gasteiger partial charge in [0.05, 0.1) is 7.11 Å². The Bertz CT molecular complexity index is 1160. The molecule has 0 bridgehead atoms. The van der Waals surface area contributed by atoms with Crippen LogP contribution in [0.15, 0.2) is 41.4 Å². The monoisotopic (exact) mass is 494 g/mol. The van der Waals surface area contributed by atoms with Gasteiger partial charge in [0.15, 0.2) is 0 Å². The van der Waals surface area contributed by atoms with Gasteiger partial charge in [-0.05, 0) is 37.1 Å². The number of ether oxygens (including phenoxy) is 1. The maximum atomic E-state index is 13.3. The number of carbonyl (C=O) groups is 2. The molecule has 178 valence electrons. The largest absolute Gasteiger partial charge is 0.464 e. The zero-order chi connectivity index (χ0) is 23.8. The minimum atomic E-state index is -3.94. The molecule has 0 saturated carbocycles. The van der Waals surface area contributed by atoms with E-state index in [9.17, 15) is 18.0 Å². The van der Waals surface area contributed by atoms with Crippen molar-refractivity contribution < 1.29 is 22.7 Å². The number of aryl methyl sites for hydroxylation is 1. The van der Waals surface area contributed by atoms with E-state index in [1.807, 2.05) is 24.3 Å². The van der Waals surface area contributed by atoms with Crippen LogP contribution in [0.3, 0.4) is 0 Å². The molecule has 9 nitrogen and oxygen atoms in total. The number of sulfonamides is 1. The fraction of sp³-hybridized carbons (Fsp3) is 0.455. The third-order valence-corrected chi connectivity index (χ3v) is 8.34. The summed E-state index contributed by atoms with van der Waals surface area (Å²) in [6.45, 7) is 2.57. The van der Waals surface area contributed by atoms with Crippen molar-refractivity contribution in [3.63, 3.8) is 0 Å². The van der Waals surface area contributed by atoms with Gasteiger partial charge < -0.3 is 19.1 Å². The Labute approximate surface area is 198 Å². The van der Waals surface area contributed by atoms with Gasteiger partial charge in [-0.3, -0.25) is 4.79 Å². The Balaban J connectivity index is 1.47. The smallest absolute Gasteiger partial charge is 0.354 e. The molecule has 33 heavy (non-hydrogen) atoms. The number of halogens is 1. The van der Waals surface area contributed by atoms with Crippen molar-refractivity contribution in [3.8, 4) is 0 Å². The molecule has 0 N–H and O–H groups in total. The minimum absolute atomic E-state index is 0.0177. The molecule has 0 unspecified atom stereocenters. The number of anilines is 1. The van der Waals surface area contributed by atoms with Crippen LogP contribution in [0.1, 0.15) is 23.3 Å². The standard InChI is InChI=1S/C22H27ClN4O5S/c1-24-15-18(14-20(24)22(29)32-2)33(30,31)27-8-4-7-19(27)21(28)26-11-9-25(10-12-26)17-6-3-5-16(23)13-17/h3,5-6,13-15,19H,4,7-12H2,1-2H3/t19-/m1/s1. The second-order valence-corrected chi connectivity index (χ2v) is 10.6. The predicted molar refractivity (Wildman–Crippen MR) is 124 cm³/mol. The van der Waals surface area contributed by atoms with E-state index in [1.165, 1.54) is 28.2 Å². The first-order valence-corrected chi connectivity index (χ1v) is 12.6. The normalized spacial score (nSPS) is 19.7. The van der Waals surface area contributed by atoms with Gasteiger partial charge in [-0.1, -0.05) is 17.7 Å². The Kier molecular flexibility index (Phi) is 6.69. The highest BCUT2D eigenvalue weighted by molar-refractivity contribution is 7.89. The van der Waals surface area contributed by atoms with Crippen LogP contribution in [-0.2, 0) is 26.6 Å². The van der Waals surface area contributed by atoms with E-state index in [0.29, 0.717) is 44.0 Å². The number of hydrogen-bond donors (Lipinski definition) is 0. The molecule has 3 heterocycles. The highest BCUT2D eigenvalue weighted by Gasteiger charge is 2.42. The number of piperazine rings is 1. The molecule has 1 aromatic carbocycles. The lowest BCUT2D eigenvalue weighted by molar-refractivity contribution is -0.134. The van der Waals surface area contributed by atoms with Crippen molar-refractivity contribution in [2.75, 3.05) is 44.7 Å². The van der Waals surface area contributed by atoms with E-state index in [1.54, 1.807) is 11.9 Å². The average Bonchev–Trinajstić information content (AvgIpc) is 3.46. The summed E-state index contributed by atoms with van der Waals surface area (Å²) in [5, 5.41) is 0.661. The van der Waals surface area contributed by atoms with Crippen molar-refractivity contribution in [1.29, 1.82) is 0 Å². The lowest BCUT2D eigenvalue weighted by atomic mass is 10.1. The van der Waals surface area contributed by atoms with Crippen LogP contribution in [0.2, 0.25) is 5.02 Å². The fourth-order valence-electron chi connectivity index (χ4n) is 4.46. The van der Waals surface area contributed by atoms with E-state index < -0.39 is 22.0 Å². The average molecular weight is 495 g/mol. The molecule has 1 aromatic heterocycles. The zero-order valence-electron chi connectivity index (χ0n) is 18.6. The second kappa shape index (κ2) is 9.36. The summed E-state index contributed by atoms with van der Waals surface area (Å²) in [6.07, 6.45) is 2.46. The van der Waals surface area contributed by atoms with Crippen LogP contribution < -0.4 is 4.90 Å². The molecule has 0 aliphatic carbocycles. The second-order valence-electron chi connectivity index (χ2n) is 8.23. The van der Waals surface area contributed by atoms with Crippen molar-refractivity contribution >= 4 is 39.2 Å². The van der Waals surface area contributed by atoms with Crippen molar-refractivity contribution in [2.24, 2.45) is 7.05 Å². The zero-order valence-corrected chi connectivity index (χ0v) is 20.2. The molecule has 2 aliphatic heterocycles. The number of aromatic nitrogens is 1. The SMILES string of the molecule is COC(=O)c1cc(S(=O)(=O)N2CCC[C@@H]2C(=O)N2CCN(c3cccc(Cl)c3)CC2)cn1C. The Morgan fingerprint density at radius 1 is 1.09 bits per heavy atom. The molecule has 2 fully saturated rings. The number of esters is 1. The van der Waals surface area contributed by atoms with Gasteiger partial charge >= 0.3 is 5.97 Å². The molecular formula is C22H27ClN4O5S. The summed E-state index contributed by atoms with van der Waals surface area (Å²) in [5.41, 5.74) is 1.14. The number of nitrogens with zero attached hydrogens (tertiary/aromatic N) is 4. The Morgan fingerprint density at radius 3 is 2.48 bits per heavy atom. The lowest BCUT2D eigenvalue weighted by Crippen LogP contribution is -2.54. The predicted octanol–water partition coefficient (Wildman–Crippen LogP) is 1.97. The molecule has 4 rings (SSSR count). The topological polar surface area (TPSA) is 92.2 Å². The number of rotatable bonds is 5. The molecule has 1 atom stereocenters. The van der Waals surface area contributed by atoms with Gasteiger partial charge in [-0.15, -0.1) is 0 Å². The maximum Gasteiger partial charge on any atom is 0.354 e. The third kappa shape index (κ3) is 4.60. The Hall–Kier alpha value is -2.56. The van der Waals surface area contributed by atoms with Gasteiger partial charge in [-0.2, -0.15) is 4.31 Å². The summed E-state index contributed by atoms with van der Waals surface area (Å²) in [5.74, 6) is -0.795. The minimum Gasteiger partial charge on any atom is -0.464 e. The van der Waals surface area contributed by atoms with Crippen molar-refractivity contribution in [2.45, 2.75) is 23.8 Å². The quantitative estimate of drug-likeness (QED) is 0.590. The van der Waals surface area contributed by atoms with Gasteiger partial charge in [0.1, 0.15) is 16.6 Å². The van der Waals surface area contributed by atoms with Crippen LogP contribution in [-0.4, -0.2) is 79.9 Å². The summed E-state index contributed by atoms with van der Waals surface area (Å²) >= 11 is 6.09. The molecule has 0 spiro atoms. The fourth-order valence-corrected chi connectivity index (χ4v) is 6.37. The molecular weight excluding hydrogens is 468 g/mol. The van der Waals surface area contributed by atoms with Crippen LogP contribution in [0.4, 0.5) is 5.69 Å². The number of carbonyl (C=O) groups excluding carboxylic acids is 2. The van der Waals surface area contributed by atoms with E-state index in [4.69, 9.17) is 16.3 Å². The van der Waals surface area contributed by atoms with Gasteiger partial charge in [-0.25, -0.2) is 13.2 Å². The van der Waals surface area contributed by atoms with Gasteiger partial charge in [0.25, 0.3) is 0 Å². The Morgan fingerprint density at radius 2 is 1.82 bits per heavy atom. The van der Waals surface area contributed by atoms with E-state index in [0.717, 1.165) is 5.69 Å². The molecule has 1 amide bonds. The number of amides is 1. The van der Waals surface area contributed by atoms with Crippen LogP contribution >= 0.6 is 11.6 Å². The highest BCUT2D eigenvalue weighted by atomic mass is 35.5. The van der Waals surface area contributed by atoms with Gasteiger partial charge in [0, 0.05) is 56.7 Å². The summed E-state index contributed by atoms with van der Waals surface area (Å²) < 4.78 is 34.1. The highest BCUT2D eigenvalue weighted by Crippen LogP contribution is 2.29. The number of hydrogen-bond acceptors (Lipinski definition) is 6. The lowest BCUT2D eigenvalue weighted by Gasteiger charge is -2.38. The van der Waals surface area contributed by atoms with Crippen LogP contribution in [0.25, 0.3) is 0 Å². The molecule has 2 aliphatic rings. The molecule has 2 saturated heterocycles. The number of methoxy groups -OCH3 is 1. The van der Waals surface area contributed by atoms with E-state index >= 15 is 0 Å². The summed E-state index contributed by atoms with van der Waals surface area (Å²) in [6, 6.07) is 8.15. The van der Waals surface area contributed by atoms with Crippen LogP contribution in [0, 0.1) is 0 Å². The molecule has 11 heteroatoms. The van der Waals surface area contributed by atoms with E-state index in [2.05, 4.69) is 4.90 Å². The maximum absolute atomic E-state index is 13.3. The first-order valence-electron chi connectivity index (χ1n) is 10.8. The summed E-state index contributed by atoms with van der Waals surface area (Å²) in [4.78, 5) is 29.1.